The van der Waals surface area contributed by atoms with E-state index in [4.69, 9.17) is 0 Å². The summed E-state index contributed by atoms with van der Waals surface area (Å²) in [5.41, 5.74) is 1.77. The van der Waals surface area contributed by atoms with Crippen LogP contribution in [0.5, 0.6) is 0 Å². The van der Waals surface area contributed by atoms with Crippen LogP contribution in [-0.2, 0) is 9.84 Å². The Morgan fingerprint density at radius 1 is 0.696 bits per heavy atom. The van der Waals surface area contributed by atoms with E-state index in [0.717, 1.165) is 11.3 Å². The SMILES string of the molecule is O=S(=O)(c1ccccc1)c1ccc(/C=C/c2ccccn2)cc1. The predicted octanol–water partition coefficient (Wildman–Crippen LogP) is 4.08. The first kappa shape index (κ1) is 15.2. The maximum absolute atomic E-state index is 12.5. The Labute approximate surface area is 135 Å². The van der Waals surface area contributed by atoms with Gasteiger partial charge in [0, 0.05) is 6.20 Å². The highest BCUT2D eigenvalue weighted by Crippen LogP contribution is 2.21. The maximum Gasteiger partial charge on any atom is 0.206 e. The molecular weight excluding hydrogens is 306 g/mol. The van der Waals surface area contributed by atoms with Gasteiger partial charge in [0.1, 0.15) is 0 Å². The van der Waals surface area contributed by atoms with E-state index in [-0.39, 0.29) is 0 Å². The van der Waals surface area contributed by atoms with Crippen molar-refractivity contribution >= 4 is 22.0 Å². The van der Waals surface area contributed by atoms with Gasteiger partial charge in [-0.05, 0) is 48.0 Å². The Hall–Kier alpha value is -2.72. The van der Waals surface area contributed by atoms with Crippen molar-refractivity contribution in [1.82, 2.24) is 4.98 Å². The van der Waals surface area contributed by atoms with Crippen LogP contribution in [0.15, 0.2) is 88.8 Å². The summed E-state index contributed by atoms with van der Waals surface area (Å²) in [4.78, 5) is 4.80. The average Bonchev–Trinajstić information content (AvgIpc) is 2.62. The Morgan fingerprint density at radius 3 is 2.00 bits per heavy atom. The van der Waals surface area contributed by atoms with Crippen molar-refractivity contribution in [2.45, 2.75) is 9.79 Å². The average molecular weight is 321 g/mol. The molecule has 0 fully saturated rings. The van der Waals surface area contributed by atoms with Gasteiger partial charge in [-0.25, -0.2) is 8.42 Å². The normalized spacial score (nSPS) is 11.7. The second kappa shape index (κ2) is 6.58. The fourth-order valence-corrected chi connectivity index (χ4v) is 3.43. The van der Waals surface area contributed by atoms with Gasteiger partial charge in [0.2, 0.25) is 9.84 Å². The molecule has 3 aromatic rings. The first-order chi connectivity index (χ1) is 11.2. The fourth-order valence-electron chi connectivity index (χ4n) is 2.15. The Kier molecular flexibility index (Phi) is 4.35. The lowest BCUT2D eigenvalue weighted by molar-refractivity contribution is 0.596. The summed E-state index contributed by atoms with van der Waals surface area (Å²) in [6, 6.07) is 20.9. The second-order valence-corrected chi connectivity index (χ2v) is 6.92. The molecule has 0 aliphatic rings. The van der Waals surface area contributed by atoms with Gasteiger partial charge in [-0.2, -0.15) is 0 Å². The minimum Gasteiger partial charge on any atom is -0.257 e. The molecule has 114 valence electrons. The van der Waals surface area contributed by atoms with Crippen molar-refractivity contribution in [3.05, 3.63) is 90.3 Å². The molecule has 0 radical (unpaired) electrons. The molecule has 0 saturated heterocycles. The van der Waals surface area contributed by atoms with Crippen LogP contribution in [0.4, 0.5) is 0 Å². The molecule has 0 bridgehead atoms. The van der Waals surface area contributed by atoms with Gasteiger partial charge >= 0.3 is 0 Å². The largest absolute Gasteiger partial charge is 0.257 e. The Bertz CT molecular complexity index is 901. The number of hydrogen-bond donors (Lipinski definition) is 0. The van der Waals surface area contributed by atoms with Crippen LogP contribution in [0.25, 0.3) is 12.2 Å². The lowest BCUT2D eigenvalue weighted by atomic mass is 10.2. The fraction of sp³-hybridized carbons (Fsp3) is 0. The molecule has 3 nitrogen and oxygen atoms in total. The zero-order valence-electron chi connectivity index (χ0n) is 12.3. The summed E-state index contributed by atoms with van der Waals surface area (Å²) in [7, 11) is -3.46. The molecule has 0 saturated carbocycles. The number of nitrogens with zero attached hydrogens (tertiary/aromatic N) is 1. The summed E-state index contributed by atoms with van der Waals surface area (Å²) in [6.07, 6.45) is 5.52. The number of rotatable bonds is 4. The van der Waals surface area contributed by atoms with Crippen LogP contribution in [0.1, 0.15) is 11.3 Å². The molecule has 0 aliphatic carbocycles. The van der Waals surface area contributed by atoms with Crippen molar-refractivity contribution in [3.63, 3.8) is 0 Å². The van der Waals surface area contributed by atoms with Gasteiger partial charge in [0.25, 0.3) is 0 Å². The smallest absolute Gasteiger partial charge is 0.206 e. The van der Waals surface area contributed by atoms with Crippen LogP contribution >= 0.6 is 0 Å². The van der Waals surface area contributed by atoms with Gasteiger partial charge in [0.05, 0.1) is 15.5 Å². The van der Waals surface area contributed by atoms with Crippen LogP contribution in [0, 0.1) is 0 Å². The van der Waals surface area contributed by atoms with E-state index in [2.05, 4.69) is 4.98 Å². The highest BCUT2D eigenvalue weighted by atomic mass is 32.2. The molecule has 0 aliphatic heterocycles. The Morgan fingerprint density at radius 2 is 1.35 bits per heavy atom. The summed E-state index contributed by atoms with van der Waals surface area (Å²) in [5, 5.41) is 0. The first-order valence-corrected chi connectivity index (χ1v) is 8.64. The molecular formula is C19H15NO2S. The summed E-state index contributed by atoms with van der Waals surface area (Å²) >= 11 is 0. The predicted molar refractivity (Wildman–Crippen MR) is 91.5 cm³/mol. The highest BCUT2D eigenvalue weighted by molar-refractivity contribution is 7.91. The summed E-state index contributed by atoms with van der Waals surface area (Å²) in [5.74, 6) is 0. The van der Waals surface area contributed by atoms with Crippen LogP contribution in [0.2, 0.25) is 0 Å². The number of sulfone groups is 1. The molecule has 3 rings (SSSR count). The van der Waals surface area contributed by atoms with E-state index in [1.165, 1.54) is 0 Å². The second-order valence-electron chi connectivity index (χ2n) is 4.97. The lowest BCUT2D eigenvalue weighted by Crippen LogP contribution is -2.01. The molecule has 0 amide bonds. The zero-order valence-corrected chi connectivity index (χ0v) is 13.1. The molecule has 4 heteroatoms. The Balaban J connectivity index is 1.84. The van der Waals surface area contributed by atoms with Crippen molar-refractivity contribution in [1.29, 1.82) is 0 Å². The molecule has 2 aromatic carbocycles. The molecule has 1 heterocycles. The van der Waals surface area contributed by atoms with Crippen molar-refractivity contribution < 1.29 is 8.42 Å². The third kappa shape index (κ3) is 3.55. The molecule has 0 spiro atoms. The lowest BCUT2D eigenvalue weighted by Gasteiger charge is -2.04. The molecule has 0 unspecified atom stereocenters. The molecule has 0 atom stereocenters. The topological polar surface area (TPSA) is 47.0 Å². The third-order valence-corrected chi connectivity index (χ3v) is 5.16. The summed E-state index contributed by atoms with van der Waals surface area (Å²) < 4.78 is 25.0. The van der Waals surface area contributed by atoms with Gasteiger partial charge in [-0.1, -0.05) is 42.5 Å². The number of aromatic nitrogens is 1. The van der Waals surface area contributed by atoms with E-state index < -0.39 is 9.84 Å². The van der Waals surface area contributed by atoms with Gasteiger partial charge in [0.15, 0.2) is 0 Å². The zero-order chi connectivity index (χ0) is 16.1. The maximum atomic E-state index is 12.5. The van der Waals surface area contributed by atoms with E-state index in [0.29, 0.717) is 9.79 Å². The van der Waals surface area contributed by atoms with Gasteiger partial charge in [-0.15, -0.1) is 0 Å². The minimum atomic E-state index is -3.46. The van der Waals surface area contributed by atoms with E-state index in [9.17, 15) is 8.42 Å². The standard InChI is InChI=1S/C19H15NO2S/c21-23(22,18-7-2-1-3-8-18)19-13-10-16(11-14-19)9-12-17-6-4-5-15-20-17/h1-15H/b12-9+. The van der Waals surface area contributed by atoms with Gasteiger partial charge < -0.3 is 0 Å². The monoisotopic (exact) mass is 321 g/mol. The van der Waals surface area contributed by atoms with E-state index in [1.54, 1.807) is 60.8 Å². The van der Waals surface area contributed by atoms with Crippen molar-refractivity contribution in [3.8, 4) is 0 Å². The number of hydrogen-bond acceptors (Lipinski definition) is 3. The van der Waals surface area contributed by atoms with E-state index in [1.807, 2.05) is 30.4 Å². The van der Waals surface area contributed by atoms with Gasteiger partial charge in [-0.3, -0.25) is 4.98 Å². The first-order valence-electron chi connectivity index (χ1n) is 7.15. The summed E-state index contributed by atoms with van der Waals surface area (Å²) in [6.45, 7) is 0. The third-order valence-electron chi connectivity index (χ3n) is 3.38. The molecule has 1 aromatic heterocycles. The van der Waals surface area contributed by atoms with Crippen LogP contribution in [0.3, 0.4) is 0 Å². The minimum absolute atomic E-state index is 0.290. The molecule has 23 heavy (non-hydrogen) atoms. The number of pyridine rings is 1. The van der Waals surface area contributed by atoms with Crippen molar-refractivity contribution in [2.75, 3.05) is 0 Å². The highest BCUT2D eigenvalue weighted by Gasteiger charge is 2.16. The van der Waals surface area contributed by atoms with Crippen molar-refractivity contribution in [2.24, 2.45) is 0 Å². The number of benzene rings is 2. The quantitative estimate of drug-likeness (QED) is 0.727. The molecule has 0 N–H and O–H groups in total. The van der Waals surface area contributed by atoms with Crippen LogP contribution in [-0.4, -0.2) is 13.4 Å². The van der Waals surface area contributed by atoms with Crippen LogP contribution < -0.4 is 0 Å². The van der Waals surface area contributed by atoms with E-state index >= 15 is 0 Å².